The van der Waals surface area contributed by atoms with Crippen molar-refractivity contribution in [3.63, 3.8) is 0 Å². The first-order valence-corrected chi connectivity index (χ1v) is 19.7. The van der Waals surface area contributed by atoms with Gasteiger partial charge in [0.05, 0.1) is 6.61 Å². The Kier molecular flexibility index (Phi) is 5.46. The summed E-state index contributed by atoms with van der Waals surface area (Å²) in [6.07, 6.45) is 27.1. The van der Waals surface area contributed by atoms with Crippen LogP contribution in [0.4, 0.5) is 0 Å². The topological polar surface area (TPSA) is 21.8 Å². The van der Waals surface area contributed by atoms with Gasteiger partial charge in [-0.05, 0) is 208 Å². The third-order valence-electron chi connectivity index (χ3n) is 17.0. The highest BCUT2D eigenvalue weighted by atomic mass is 16.6. The third kappa shape index (κ3) is 3.82. The second-order valence-corrected chi connectivity index (χ2v) is 20.3. The van der Waals surface area contributed by atoms with Crippen LogP contribution in [-0.4, -0.2) is 18.8 Å². The lowest BCUT2D eigenvalue weighted by atomic mass is 9.43. The van der Waals surface area contributed by atoms with Crippen molar-refractivity contribution in [1.82, 2.24) is 0 Å². The minimum absolute atomic E-state index is 0.0574. The Balaban J connectivity index is 1.11. The summed E-state index contributed by atoms with van der Waals surface area (Å²) >= 11 is 0. The average molecular weight is 595 g/mol. The molecule has 13 fully saturated rings. The molecule has 2 nitrogen and oxygen atoms in total. The molecule has 12 aliphatic carbocycles. The Morgan fingerprint density at radius 2 is 0.864 bits per heavy atom. The van der Waals surface area contributed by atoms with Gasteiger partial charge in [0.25, 0.3) is 0 Å². The van der Waals surface area contributed by atoms with Gasteiger partial charge in [0.1, 0.15) is 18.0 Å². The van der Waals surface area contributed by atoms with Crippen LogP contribution in [0.15, 0.2) is 12.1 Å². The molecule has 2 heteroatoms. The number of ether oxygens (including phenoxy) is 2. The fraction of sp³-hybridized carbons (Fsp3) is 0.857. The molecular weight excluding hydrogens is 536 g/mol. The van der Waals surface area contributed by atoms with Gasteiger partial charge >= 0.3 is 0 Å². The number of epoxide rings is 1. The van der Waals surface area contributed by atoms with Crippen molar-refractivity contribution in [2.45, 2.75) is 151 Å². The number of rotatable bonds is 7. The maximum absolute atomic E-state index is 7.27. The van der Waals surface area contributed by atoms with Gasteiger partial charge in [-0.15, -0.1) is 0 Å². The fourth-order valence-electron chi connectivity index (χ4n) is 16.2. The zero-order valence-electron chi connectivity index (χ0n) is 27.9. The minimum Gasteiger partial charge on any atom is -0.490 e. The summed E-state index contributed by atoms with van der Waals surface area (Å²) in [6, 6.07) is 5.78. The molecule has 0 aromatic heterocycles. The Morgan fingerprint density at radius 3 is 1.18 bits per heavy atom. The van der Waals surface area contributed by atoms with E-state index in [1.165, 1.54) is 102 Å². The molecule has 1 saturated heterocycles. The number of benzene rings is 1. The molecular formula is C42H58O2. The summed E-state index contributed by atoms with van der Waals surface area (Å²) in [5.74, 6) is 10.7. The van der Waals surface area contributed by atoms with Gasteiger partial charge in [0.15, 0.2) is 0 Å². The van der Waals surface area contributed by atoms with Crippen LogP contribution < -0.4 is 4.74 Å². The van der Waals surface area contributed by atoms with E-state index in [0.29, 0.717) is 22.2 Å². The van der Waals surface area contributed by atoms with Crippen molar-refractivity contribution >= 4 is 0 Å². The summed E-state index contributed by atoms with van der Waals surface area (Å²) in [7, 11) is 0. The van der Waals surface area contributed by atoms with E-state index in [2.05, 4.69) is 26.0 Å². The van der Waals surface area contributed by atoms with Crippen molar-refractivity contribution in [2.75, 3.05) is 13.2 Å². The van der Waals surface area contributed by atoms with Gasteiger partial charge in [0.2, 0.25) is 0 Å². The Labute approximate surface area is 267 Å². The summed E-state index contributed by atoms with van der Waals surface area (Å²) in [5, 5.41) is 0. The fourth-order valence-corrected chi connectivity index (χ4v) is 16.2. The lowest BCUT2D eigenvalue weighted by molar-refractivity contribution is -0.0188. The molecule has 1 aromatic rings. The van der Waals surface area contributed by atoms with E-state index in [-0.39, 0.29) is 5.60 Å². The summed E-state index contributed by atoms with van der Waals surface area (Å²) < 4.78 is 13.4. The zero-order chi connectivity index (χ0) is 29.1. The molecule has 1 unspecified atom stereocenters. The highest BCUT2D eigenvalue weighted by molar-refractivity contribution is 5.54. The summed E-state index contributed by atoms with van der Waals surface area (Å²) in [6.45, 7) is 6.31. The van der Waals surface area contributed by atoms with E-state index in [0.717, 1.165) is 66.5 Å². The first-order valence-electron chi connectivity index (χ1n) is 19.7. The van der Waals surface area contributed by atoms with Crippen molar-refractivity contribution < 1.29 is 9.47 Å². The van der Waals surface area contributed by atoms with Crippen molar-refractivity contribution in [3.05, 3.63) is 28.8 Å². The van der Waals surface area contributed by atoms with Crippen LogP contribution in [-0.2, 0) is 21.0 Å². The molecule has 0 spiro atoms. The second-order valence-electron chi connectivity index (χ2n) is 20.3. The Morgan fingerprint density at radius 1 is 0.545 bits per heavy atom. The zero-order valence-corrected chi connectivity index (χ0v) is 27.9. The molecule has 44 heavy (non-hydrogen) atoms. The van der Waals surface area contributed by atoms with Gasteiger partial charge < -0.3 is 9.47 Å². The normalized spacial score (nSPS) is 53.7. The second kappa shape index (κ2) is 8.90. The van der Waals surface area contributed by atoms with Crippen molar-refractivity contribution in [1.29, 1.82) is 0 Å². The predicted octanol–water partition coefficient (Wildman–Crippen LogP) is 9.89. The Bertz CT molecular complexity index is 1260. The predicted molar refractivity (Wildman–Crippen MR) is 175 cm³/mol. The molecule has 1 aromatic carbocycles. The molecule has 14 rings (SSSR count). The van der Waals surface area contributed by atoms with Crippen molar-refractivity contribution in [2.24, 2.45) is 59.2 Å². The maximum atomic E-state index is 7.27. The van der Waals surface area contributed by atoms with E-state index in [1.54, 1.807) is 24.8 Å². The highest BCUT2D eigenvalue weighted by Gasteiger charge is 2.59. The van der Waals surface area contributed by atoms with Crippen molar-refractivity contribution in [3.8, 4) is 5.75 Å². The van der Waals surface area contributed by atoms with Gasteiger partial charge in [0, 0.05) is 5.56 Å². The summed E-state index contributed by atoms with van der Waals surface area (Å²) in [5.41, 5.74) is 6.67. The third-order valence-corrected chi connectivity index (χ3v) is 17.0. The van der Waals surface area contributed by atoms with Crippen LogP contribution in [0.1, 0.15) is 146 Å². The van der Waals surface area contributed by atoms with E-state index in [9.17, 15) is 0 Å². The van der Waals surface area contributed by atoms with Crippen LogP contribution in [0.2, 0.25) is 0 Å². The first-order chi connectivity index (χ1) is 21.3. The van der Waals surface area contributed by atoms with Crippen LogP contribution in [0.5, 0.6) is 5.75 Å². The molecule has 12 saturated carbocycles. The van der Waals surface area contributed by atoms with Crippen LogP contribution in [0.3, 0.4) is 0 Å². The molecule has 1 heterocycles. The maximum Gasteiger partial charge on any atom is 0.128 e. The number of hydrogen-bond acceptors (Lipinski definition) is 2. The van der Waals surface area contributed by atoms with E-state index >= 15 is 0 Å². The quantitative estimate of drug-likeness (QED) is 0.293. The van der Waals surface area contributed by atoms with Crippen LogP contribution >= 0.6 is 0 Å². The van der Waals surface area contributed by atoms with Crippen LogP contribution in [0.25, 0.3) is 0 Å². The van der Waals surface area contributed by atoms with E-state index < -0.39 is 0 Å². The molecule has 1 atom stereocenters. The van der Waals surface area contributed by atoms with Gasteiger partial charge in [-0.3, -0.25) is 0 Å². The molecule has 238 valence electrons. The smallest absolute Gasteiger partial charge is 0.128 e. The van der Waals surface area contributed by atoms with E-state index in [1.807, 2.05) is 11.1 Å². The van der Waals surface area contributed by atoms with Gasteiger partial charge in [-0.25, -0.2) is 0 Å². The van der Waals surface area contributed by atoms with E-state index in [4.69, 9.17) is 9.47 Å². The molecule has 0 radical (unpaired) electrons. The van der Waals surface area contributed by atoms with Gasteiger partial charge in [-0.2, -0.15) is 0 Å². The standard InChI is InChI=1S/C42H58O2/c1-25(2)42(24-44-42)23-43-38-13-36(40-17-29-6-30(18-40)8-31(7-29)19-40)35(39-14-26-3-27(15-39)5-28(4-26)16-39)12-37(38)41-20-32-9-33(21-41)11-34(10-32)22-41/h12-13,25-34H,3-11,14-24H2,1-2H3. The molecule has 1 aliphatic heterocycles. The highest BCUT2D eigenvalue weighted by Crippen LogP contribution is 2.68. The number of hydrogen-bond donors (Lipinski definition) is 0. The lowest BCUT2D eigenvalue weighted by Gasteiger charge is -2.61. The summed E-state index contributed by atoms with van der Waals surface area (Å²) in [4.78, 5) is 0. The Hall–Kier alpha value is -1.02. The molecule has 13 aliphatic rings. The average Bonchev–Trinajstić information content (AvgIpc) is 3.75. The SMILES string of the molecule is CC(C)C1(COc2cc(C34CC5CC(CC(C5)C3)C4)c(C34CC5CC(CC(C5)C3)C4)cc2C23CC4CC(CC(C4)C2)C3)CO1. The molecule has 0 N–H and O–H groups in total. The minimum atomic E-state index is -0.0574. The molecule has 0 amide bonds. The largest absolute Gasteiger partial charge is 0.490 e. The van der Waals surface area contributed by atoms with Gasteiger partial charge in [-0.1, -0.05) is 19.9 Å². The first kappa shape index (κ1) is 27.0. The van der Waals surface area contributed by atoms with Crippen LogP contribution in [0, 0.1) is 59.2 Å². The monoisotopic (exact) mass is 594 g/mol. The lowest BCUT2D eigenvalue weighted by Crippen LogP contribution is -2.53. The molecule has 12 bridgehead atoms.